The Balaban J connectivity index is 1.74. The zero-order valence-electron chi connectivity index (χ0n) is 14.7. The molecule has 4 rings (SSSR count). The fourth-order valence-electron chi connectivity index (χ4n) is 3.41. The molecule has 26 heavy (non-hydrogen) atoms. The summed E-state index contributed by atoms with van der Waals surface area (Å²) in [5.74, 6) is -1.19. The van der Waals surface area contributed by atoms with Crippen molar-refractivity contribution in [3.63, 3.8) is 0 Å². The summed E-state index contributed by atoms with van der Waals surface area (Å²) in [5.41, 5.74) is 0.593. The first-order valence-corrected chi connectivity index (χ1v) is 8.50. The van der Waals surface area contributed by atoms with E-state index in [1.54, 1.807) is 30.7 Å². The van der Waals surface area contributed by atoms with E-state index in [0.717, 1.165) is 5.06 Å². The van der Waals surface area contributed by atoms with Crippen LogP contribution in [0.4, 0.5) is 0 Å². The maximum absolute atomic E-state index is 12.6. The summed E-state index contributed by atoms with van der Waals surface area (Å²) in [4.78, 5) is 25.9. The predicted molar refractivity (Wildman–Crippen MR) is 90.1 cm³/mol. The zero-order valence-corrected chi connectivity index (χ0v) is 15.5. The van der Waals surface area contributed by atoms with Gasteiger partial charge in [0.05, 0.1) is 12.5 Å². The van der Waals surface area contributed by atoms with Crippen LogP contribution in [0.5, 0.6) is 0 Å². The summed E-state index contributed by atoms with van der Waals surface area (Å²) >= 11 is 6.13. The van der Waals surface area contributed by atoms with Crippen LogP contribution in [0, 0.1) is 0 Å². The molecule has 2 aliphatic heterocycles. The Morgan fingerprint density at radius 3 is 2.81 bits per heavy atom. The fourth-order valence-corrected chi connectivity index (χ4v) is 3.61. The van der Waals surface area contributed by atoms with E-state index in [2.05, 4.69) is 9.97 Å². The largest absolute Gasteiger partial charge is 0.341 e. The van der Waals surface area contributed by atoms with Crippen LogP contribution >= 0.6 is 11.6 Å². The van der Waals surface area contributed by atoms with Gasteiger partial charge < -0.3 is 18.8 Å². The summed E-state index contributed by atoms with van der Waals surface area (Å²) in [6.07, 6.45) is 0.624. The minimum absolute atomic E-state index is 0.346. The van der Waals surface area contributed by atoms with Gasteiger partial charge in [-0.1, -0.05) is 11.6 Å². The Labute approximate surface area is 154 Å². The highest BCUT2D eigenvalue weighted by molar-refractivity contribution is 6.33. The summed E-state index contributed by atoms with van der Waals surface area (Å²) in [6.45, 7) is 3.60. The lowest BCUT2D eigenvalue weighted by Gasteiger charge is -2.26. The van der Waals surface area contributed by atoms with E-state index in [4.69, 9.17) is 30.6 Å². The molecule has 2 aromatic rings. The van der Waals surface area contributed by atoms with Crippen LogP contribution in [0.1, 0.15) is 20.1 Å². The van der Waals surface area contributed by atoms with E-state index in [1.165, 1.54) is 20.5 Å². The maximum atomic E-state index is 12.6. The van der Waals surface area contributed by atoms with Gasteiger partial charge >= 0.3 is 0 Å². The van der Waals surface area contributed by atoms with Gasteiger partial charge in [0.2, 0.25) is 0 Å². The van der Waals surface area contributed by atoms with Gasteiger partial charge in [-0.2, -0.15) is 0 Å². The number of rotatable bonds is 3. The average molecular weight is 383 g/mol. The summed E-state index contributed by atoms with van der Waals surface area (Å²) in [6, 6.07) is 1.80. The highest BCUT2D eigenvalue weighted by atomic mass is 35.5. The number of hydrogen-bond donors (Lipinski definition) is 0. The Morgan fingerprint density at radius 1 is 1.35 bits per heavy atom. The minimum Gasteiger partial charge on any atom is -0.341 e. The van der Waals surface area contributed by atoms with E-state index in [-0.39, 0.29) is 5.91 Å². The van der Waals surface area contributed by atoms with Crippen LogP contribution in [0.3, 0.4) is 0 Å². The Morgan fingerprint density at radius 2 is 2.08 bits per heavy atom. The van der Waals surface area contributed by atoms with Crippen molar-refractivity contribution >= 4 is 28.5 Å². The van der Waals surface area contributed by atoms with Crippen molar-refractivity contribution < 1.29 is 23.8 Å². The molecular weight excluding hydrogens is 364 g/mol. The molecule has 4 heterocycles. The Bertz CT molecular complexity index is 856. The van der Waals surface area contributed by atoms with Gasteiger partial charge in [-0.15, -0.1) is 0 Å². The Kier molecular flexibility index (Phi) is 4.16. The van der Waals surface area contributed by atoms with Crippen molar-refractivity contribution in [2.75, 3.05) is 14.2 Å². The third-order valence-corrected chi connectivity index (χ3v) is 4.89. The lowest BCUT2D eigenvalue weighted by Crippen LogP contribution is -2.43. The van der Waals surface area contributed by atoms with Crippen molar-refractivity contribution in [3.8, 4) is 0 Å². The minimum atomic E-state index is -0.869. The van der Waals surface area contributed by atoms with E-state index in [0.29, 0.717) is 16.2 Å². The number of ether oxygens (including phenoxy) is 3. The number of likely N-dealkylation sites (N-methyl/N-ethyl adjacent to an activating group) is 1. The number of amides is 1. The average Bonchev–Trinajstić information content (AvgIpc) is 3.24. The van der Waals surface area contributed by atoms with Crippen molar-refractivity contribution in [3.05, 3.63) is 23.7 Å². The molecule has 0 spiro atoms. The molecule has 0 bridgehead atoms. The van der Waals surface area contributed by atoms with Crippen LogP contribution in [0.25, 0.3) is 11.0 Å². The summed E-state index contributed by atoms with van der Waals surface area (Å²) in [5, 5.41) is 2.15. The van der Waals surface area contributed by atoms with E-state index in [9.17, 15) is 4.79 Å². The van der Waals surface area contributed by atoms with Crippen LogP contribution in [0.15, 0.2) is 18.6 Å². The molecule has 0 aliphatic carbocycles. The van der Waals surface area contributed by atoms with Gasteiger partial charge in [-0.25, -0.2) is 15.0 Å². The molecule has 2 aliphatic rings. The second kappa shape index (κ2) is 6.14. The number of carbonyl (C=O) groups is 1. The predicted octanol–water partition coefficient (Wildman–Crippen LogP) is 1.52. The summed E-state index contributed by atoms with van der Waals surface area (Å²) < 4.78 is 19.8. The molecule has 9 nitrogen and oxygen atoms in total. The van der Waals surface area contributed by atoms with Gasteiger partial charge in [0.15, 0.2) is 18.1 Å². The lowest BCUT2D eigenvalue weighted by molar-refractivity contribution is -0.211. The molecule has 2 saturated heterocycles. The van der Waals surface area contributed by atoms with E-state index >= 15 is 0 Å². The van der Waals surface area contributed by atoms with Crippen LogP contribution in [-0.4, -0.2) is 63.8 Å². The molecule has 4 atom stereocenters. The van der Waals surface area contributed by atoms with Gasteiger partial charge in [0.25, 0.3) is 5.91 Å². The zero-order chi connectivity index (χ0) is 18.6. The molecule has 0 aromatic carbocycles. The third-order valence-electron chi connectivity index (χ3n) is 4.59. The van der Waals surface area contributed by atoms with Gasteiger partial charge in [0, 0.05) is 13.2 Å². The SMILES string of the molecule is CON(C)C(=O)[C@H]1O[C@@H](n2ccc3c(Cl)ncnc32)[C@@H]2OC(C)(C)O[C@@H]21. The second-order valence-electron chi connectivity index (χ2n) is 6.66. The third kappa shape index (κ3) is 2.67. The monoisotopic (exact) mass is 382 g/mol. The van der Waals surface area contributed by atoms with Crippen molar-refractivity contribution in [1.82, 2.24) is 19.6 Å². The number of nitrogens with zero attached hydrogens (tertiary/aromatic N) is 4. The number of fused-ring (bicyclic) bond motifs is 2. The fraction of sp³-hybridized carbons (Fsp3) is 0.562. The first kappa shape index (κ1) is 17.6. The molecule has 0 radical (unpaired) electrons. The molecule has 1 amide bonds. The smallest absolute Gasteiger partial charge is 0.277 e. The first-order chi connectivity index (χ1) is 12.3. The Hall–Kier alpha value is -1.78. The number of carbonyl (C=O) groups excluding carboxylic acids is 1. The number of halogens is 1. The highest BCUT2D eigenvalue weighted by Gasteiger charge is 2.58. The molecule has 2 aromatic heterocycles. The van der Waals surface area contributed by atoms with Gasteiger partial charge in [0.1, 0.15) is 29.3 Å². The van der Waals surface area contributed by atoms with Crippen LogP contribution in [0.2, 0.25) is 5.15 Å². The van der Waals surface area contributed by atoms with Crippen LogP contribution in [-0.2, 0) is 23.8 Å². The van der Waals surface area contributed by atoms with Crippen LogP contribution < -0.4 is 0 Å². The molecule has 10 heteroatoms. The molecular formula is C16H19ClN4O5. The molecule has 0 saturated carbocycles. The van der Waals surface area contributed by atoms with Crippen molar-refractivity contribution in [1.29, 1.82) is 0 Å². The van der Waals surface area contributed by atoms with E-state index < -0.39 is 30.3 Å². The molecule has 140 valence electrons. The quantitative estimate of drug-likeness (QED) is 0.587. The number of aromatic nitrogens is 3. The topological polar surface area (TPSA) is 87.9 Å². The number of hydroxylamine groups is 2. The van der Waals surface area contributed by atoms with E-state index in [1.807, 2.05) is 0 Å². The highest BCUT2D eigenvalue weighted by Crippen LogP contribution is 2.44. The summed E-state index contributed by atoms with van der Waals surface area (Å²) in [7, 11) is 2.93. The van der Waals surface area contributed by atoms with Crippen molar-refractivity contribution in [2.24, 2.45) is 0 Å². The lowest BCUT2D eigenvalue weighted by atomic mass is 10.1. The van der Waals surface area contributed by atoms with Gasteiger partial charge in [-0.05, 0) is 19.9 Å². The molecule has 0 N–H and O–H groups in total. The van der Waals surface area contributed by atoms with Crippen molar-refractivity contribution in [2.45, 2.75) is 44.2 Å². The molecule has 0 unspecified atom stereocenters. The second-order valence-corrected chi connectivity index (χ2v) is 7.01. The standard InChI is InChI=1S/C16H19ClN4O5/c1-16(2)25-9-10(14(22)20(3)23-4)24-15(11(9)26-16)21-6-5-8-12(17)18-7-19-13(8)21/h5-7,9-11,15H,1-4H3/t9-,10+,11-,15-/m1/s1. The molecule has 2 fully saturated rings. The number of hydrogen-bond acceptors (Lipinski definition) is 7. The van der Waals surface area contributed by atoms with Gasteiger partial charge in [-0.3, -0.25) is 9.63 Å². The normalized spacial score (nSPS) is 29.9. The maximum Gasteiger partial charge on any atom is 0.277 e. The first-order valence-electron chi connectivity index (χ1n) is 8.12.